The van der Waals surface area contributed by atoms with Crippen molar-refractivity contribution in [3.05, 3.63) is 40.4 Å². The van der Waals surface area contributed by atoms with E-state index in [9.17, 15) is 14.7 Å². The average Bonchev–Trinajstić information content (AvgIpc) is 3.50. The molecule has 0 spiro atoms. The zero-order valence-corrected chi connectivity index (χ0v) is 15.6. The Labute approximate surface area is 157 Å². The normalized spacial score (nSPS) is 19.4. The molecule has 2 fully saturated rings. The van der Waals surface area contributed by atoms with Gasteiger partial charge in [0.05, 0.1) is 23.0 Å². The number of piperidine rings is 1. The highest BCUT2D eigenvalue weighted by Crippen LogP contribution is 2.39. The number of aliphatic hydroxyl groups is 1. The number of carbonyl (C=O) groups excluding carboxylic acids is 1. The first-order valence-electron chi connectivity index (χ1n) is 9.49. The Morgan fingerprint density at radius 2 is 2.00 bits per heavy atom. The predicted octanol–water partition coefficient (Wildman–Crippen LogP) is 1.27. The zero-order valence-electron chi connectivity index (χ0n) is 15.6. The van der Waals surface area contributed by atoms with Crippen LogP contribution in [-0.2, 0) is 16.1 Å². The Hall–Kier alpha value is -2.25. The number of ether oxygens (including phenoxy) is 1. The molecule has 2 aliphatic rings. The zero-order chi connectivity index (χ0) is 19.0. The summed E-state index contributed by atoms with van der Waals surface area (Å²) >= 11 is 0. The number of carbonyl (C=O) groups is 1. The van der Waals surface area contributed by atoms with E-state index in [2.05, 4.69) is 0 Å². The standard InChI is InChI=1S/C20H25N3O4/c1-27-12-17(24)22-10-8-20(26,9-11-22)13-23-18(14-6-7-14)21-16-5-3-2-4-15(16)19(23)25/h2-5,14,26H,6-13H2,1H3. The van der Waals surface area contributed by atoms with Gasteiger partial charge in [-0.05, 0) is 37.8 Å². The first-order valence-corrected chi connectivity index (χ1v) is 9.49. The molecule has 1 saturated heterocycles. The third kappa shape index (κ3) is 3.61. The van der Waals surface area contributed by atoms with Gasteiger partial charge in [-0.2, -0.15) is 0 Å². The number of amides is 1. The molecule has 1 aromatic heterocycles. The molecule has 27 heavy (non-hydrogen) atoms. The number of para-hydroxylation sites is 1. The van der Waals surface area contributed by atoms with E-state index in [4.69, 9.17) is 9.72 Å². The Kier molecular flexibility index (Phi) is 4.74. The van der Waals surface area contributed by atoms with Crippen LogP contribution in [-0.4, -0.2) is 57.9 Å². The van der Waals surface area contributed by atoms with Gasteiger partial charge in [-0.15, -0.1) is 0 Å². The minimum atomic E-state index is -1.01. The molecule has 0 radical (unpaired) electrons. The topological polar surface area (TPSA) is 84.7 Å². The van der Waals surface area contributed by atoms with Crippen molar-refractivity contribution in [3.8, 4) is 0 Å². The second-order valence-corrected chi connectivity index (χ2v) is 7.69. The molecule has 0 bridgehead atoms. The Bertz CT molecular complexity index is 911. The van der Waals surface area contributed by atoms with Gasteiger partial charge >= 0.3 is 0 Å². The fraction of sp³-hybridized carbons (Fsp3) is 0.550. The molecule has 1 N–H and O–H groups in total. The highest BCUT2D eigenvalue weighted by atomic mass is 16.5. The lowest BCUT2D eigenvalue weighted by Crippen LogP contribution is -2.50. The van der Waals surface area contributed by atoms with Crippen LogP contribution in [0.2, 0.25) is 0 Å². The number of rotatable bonds is 5. The van der Waals surface area contributed by atoms with E-state index in [0.717, 1.165) is 18.7 Å². The lowest BCUT2D eigenvalue weighted by molar-refractivity contribution is -0.139. The first kappa shape index (κ1) is 18.1. The third-order valence-electron chi connectivity index (χ3n) is 5.60. The molecular formula is C20H25N3O4. The van der Waals surface area contributed by atoms with E-state index in [0.29, 0.717) is 42.8 Å². The minimum Gasteiger partial charge on any atom is -0.388 e. The number of benzene rings is 1. The van der Waals surface area contributed by atoms with E-state index in [1.807, 2.05) is 18.2 Å². The maximum Gasteiger partial charge on any atom is 0.261 e. The van der Waals surface area contributed by atoms with E-state index >= 15 is 0 Å². The van der Waals surface area contributed by atoms with E-state index in [1.165, 1.54) is 7.11 Å². The predicted molar refractivity (Wildman–Crippen MR) is 101 cm³/mol. The lowest BCUT2D eigenvalue weighted by atomic mass is 9.91. The molecule has 7 heteroatoms. The van der Waals surface area contributed by atoms with E-state index in [1.54, 1.807) is 15.5 Å². The van der Waals surface area contributed by atoms with Gasteiger partial charge in [0.15, 0.2) is 0 Å². The van der Waals surface area contributed by atoms with Crippen LogP contribution < -0.4 is 5.56 Å². The first-order chi connectivity index (χ1) is 13.0. The lowest BCUT2D eigenvalue weighted by Gasteiger charge is -2.38. The van der Waals surface area contributed by atoms with Crippen molar-refractivity contribution in [2.24, 2.45) is 0 Å². The van der Waals surface area contributed by atoms with Gasteiger partial charge in [0.1, 0.15) is 12.4 Å². The Balaban J connectivity index is 1.60. The molecule has 0 unspecified atom stereocenters. The van der Waals surface area contributed by atoms with Gasteiger partial charge in [0.2, 0.25) is 5.91 Å². The molecule has 1 aliphatic heterocycles. The number of hydrogen-bond donors (Lipinski definition) is 1. The highest BCUT2D eigenvalue weighted by Gasteiger charge is 2.37. The monoisotopic (exact) mass is 371 g/mol. The fourth-order valence-corrected chi connectivity index (χ4v) is 3.83. The third-order valence-corrected chi connectivity index (χ3v) is 5.60. The van der Waals surface area contributed by atoms with Crippen molar-refractivity contribution in [2.45, 2.75) is 43.7 Å². The van der Waals surface area contributed by atoms with Crippen LogP contribution in [0.3, 0.4) is 0 Å². The summed E-state index contributed by atoms with van der Waals surface area (Å²) in [4.78, 5) is 31.5. The number of hydrogen-bond acceptors (Lipinski definition) is 5. The molecule has 1 saturated carbocycles. The molecule has 144 valence electrons. The Morgan fingerprint density at radius 1 is 1.30 bits per heavy atom. The SMILES string of the molecule is COCC(=O)N1CCC(O)(Cn2c(C3CC3)nc3ccccc3c2=O)CC1. The largest absolute Gasteiger partial charge is 0.388 e. The van der Waals surface area contributed by atoms with Gasteiger partial charge in [0, 0.05) is 26.1 Å². The van der Waals surface area contributed by atoms with Crippen LogP contribution in [0.4, 0.5) is 0 Å². The summed E-state index contributed by atoms with van der Waals surface area (Å²) in [5.41, 5.74) is -0.386. The van der Waals surface area contributed by atoms with Crippen molar-refractivity contribution in [3.63, 3.8) is 0 Å². The Morgan fingerprint density at radius 3 is 2.67 bits per heavy atom. The number of nitrogens with zero attached hydrogens (tertiary/aromatic N) is 3. The molecule has 2 heterocycles. The molecule has 2 aromatic rings. The van der Waals surface area contributed by atoms with Gasteiger partial charge in [0.25, 0.3) is 5.56 Å². The fourth-order valence-electron chi connectivity index (χ4n) is 3.83. The van der Waals surface area contributed by atoms with E-state index < -0.39 is 5.60 Å². The van der Waals surface area contributed by atoms with Gasteiger partial charge in [-0.3, -0.25) is 14.2 Å². The second kappa shape index (κ2) is 7.05. The average molecular weight is 371 g/mol. The van der Waals surface area contributed by atoms with Crippen molar-refractivity contribution in [1.82, 2.24) is 14.5 Å². The molecule has 1 aliphatic carbocycles. The minimum absolute atomic E-state index is 0.0539. The summed E-state index contributed by atoms with van der Waals surface area (Å²) in [6.45, 7) is 1.21. The summed E-state index contributed by atoms with van der Waals surface area (Å²) in [6.07, 6.45) is 2.93. The maximum atomic E-state index is 13.1. The van der Waals surface area contributed by atoms with Crippen LogP contribution >= 0.6 is 0 Å². The van der Waals surface area contributed by atoms with Crippen LogP contribution in [0.15, 0.2) is 29.1 Å². The van der Waals surface area contributed by atoms with Crippen molar-refractivity contribution in [2.75, 3.05) is 26.8 Å². The van der Waals surface area contributed by atoms with Crippen LogP contribution in [0.1, 0.15) is 37.4 Å². The number of methoxy groups -OCH3 is 1. The second-order valence-electron chi connectivity index (χ2n) is 7.69. The van der Waals surface area contributed by atoms with Crippen molar-refractivity contribution >= 4 is 16.8 Å². The van der Waals surface area contributed by atoms with Crippen LogP contribution in [0.5, 0.6) is 0 Å². The quantitative estimate of drug-likeness (QED) is 0.856. The molecule has 1 aromatic carbocycles. The molecule has 0 atom stereocenters. The van der Waals surface area contributed by atoms with Crippen LogP contribution in [0, 0.1) is 0 Å². The summed E-state index contributed by atoms with van der Waals surface area (Å²) in [5, 5.41) is 11.7. The smallest absolute Gasteiger partial charge is 0.261 e. The van der Waals surface area contributed by atoms with Crippen molar-refractivity contribution in [1.29, 1.82) is 0 Å². The molecule has 1 amide bonds. The summed E-state index contributed by atoms with van der Waals surface area (Å²) < 4.78 is 6.58. The molecule has 7 nitrogen and oxygen atoms in total. The van der Waals surface area contributed by atoms with Crippen LogP contribution in [0.25, 0.3) is 10.9 Å². The number of likely N-dealkylation sites (tertiary alicyclic amines) is 1. The summed E-state index contributed by atoms with van der Waals surface area (Å²) in [6, 6.07) is 7.37. The van der Waals surface area contributed by atoms with E-state index in [-0.39, 0.29) is 24.6 Å². The molecular weight excluding hydrogens is 346 g/mol. The molecule has 4 rings (SSSR count). The van der Waals surface area contributed by atoms with Crippen molar-refractivity contribution < 1.29 is 14.6 Å². The van der Waals surface area contributed by atoms with Gasteiger partial charge in [-0.1, -0.05) is 12.1 Å². The maximum absolute atomic E-state index is 13.1. The number of aromatic nitrogens is 2. The summed E-state index contributed by atoms with van der Waals surface area (Å²) in [5.74, 6) is 1.02. The van der Waals surface area contributed by atoms with Gasteiger partial charge in [-0.25, -0.2) is 4.98 Å². The number of fused-ring (bicyclic) bond motifs is 1. The summed E-state index contributed by atoms with van der Waals surface area (Å²) in [7, 11) is 1.50. The van der Waals surface area contributed by atoms with Gasteiger partial charge < -0.3 is 14.7 Å². The highest BCUT2D eigenvalue weighted by molar-refractivity contribution is 5.78.